The van der Waals surface area contributed by atoms with E-state index in [1.807, 2.05) is 5.38 Å². The van der Waals surface area contributed by atoms with Crippen molar-refractivity contribution < 1.29 is 13.9 Å². The number of ether oxygens (including phenoxy) is 1. The van der Waals surface area contributed by atoms with Crippen LogP contribution in [0.2, 0.25) is 0 Å². The van der Waals surface area contributed by atoms with Crippen LogP contribution in [-0.4, -0.2) is 21.8 Å². The molecule has 1 aliphatic carbocycles. The van der Waals surface area contributed by atoms with Crippen molar-refractivity contribution in [2.24, 2.45) is 0 Å². The SMILES string of the molecule is CCOC1=C/C(=C/c2c(N)n3c(-c4ccc(F)cc4)csc3nc2=O)C=CC1=O. The summed E-state index contributed by atoms with van der Waals surface area (Å²) in [6.07, 6.45) is 6.11. The molecule has 0 aliphatic heterocycles. The zero-order chi connectivity index (χ0) is 20.5. The van der Waals surface area contributed by atoms with E-state index in [9.17, 15) is 14.0 Å². The first-order valence-electron chi connectivity index (χ1n) is 8.82. The Morgan fingerprint density at radius 3 is 2.72 bits per heavy atom. The fourth-order valence-corrected chi connectivity index (χ4v) is 3.90. The molecule has 0 amide bonds. The highest BCUT2D eigenvalue weighted by Gasteiger charge is 2.17. The molecule has 0 atom stereocenters. The number of benzene rings is 1. The van der Waals surface area contributed by atoms with Crippen LogP contribution >= 0.6 is 11.3 Å². The number of fused-ring (bicyclic) bond motifs is 1. The van der Waals surface area contributed by atoms with Gasteiger partial charge in [-0.1, -0.05) is 6.08 Å². The zero-order valence-electron chi connectivity index (χ0n) is 15.4. The van der Waals surface area contributed by atoms with Crippen LogP contribution in [0, 0.1) is 5.82 Å². The van der Waals surface area contributed by atoms with E-state index in [1.54, 1.807) is 41.7 Å². The fraction of sp³-hybridized carbons (Fsp3) is 0.0952. The van der Waals surface area contributed by atoms with Gasteiger partial charge in [0.05, 0.1) is 17.9 Å². The number of hydrogen-bond donors (Lipinski definition) is 1. The van der Waals surface area contributed by atoms with E-state index in [2.05, 4.69) is 4.98 Å². The summed E-state index contributed by atoms with van der Waals surface area (Å²) in [7, 11) is 0. The number of nitrogens with zero attached hydrogens (tertiary/aromatic N) is 2. The summed E-state index contributed by atoms with van der Waals surface area (Å²) in [5, 5.41) is 1.81. The standard InChI is InChI=1S/C21H16FN3O3S/c1-2-28-18-10-12(3-8-17(18)26)9-15-19(23)25-16(11-29-21(25)24-20(15)27)13-4-6-14(22)7-5-13/h3-11H,2,23H2,1H3/b12-9+. The first-order chi connectivity index (χ1) is 14.0. The smallest absolute Gasteiger partial charge is 0.283 e. The lowest BCUT2D eigenvalue weighted by Crippen LogP contribution is -2.17. The number of carbonyl (C=O) groups is 1. The van der Waals surface area contributed by atoms with Gasteiger partial charge in [0.2, 0.25) is 5.78 Å². The summed E-state index contributed by atoms with van der Waals surface area (Å²) in [6, 6.07) is 5.99. The van der Waals surface area contributed by atoms with Gasteiger partial charge in [0, 0.05) is 5.38 Å². The highest BCUT2D eigenvalue weighted by atomic mass is 32.1. The third-order valence-electron chi connectivity index (χ3n) is 4.37. The lowest BCUT2D eigenvalue weighted by atomic mass is 10.0. The molecular formula is C21H16FN3O3S. The largest absolute Gasteiger partial charge is 0.490 e. The number of hydrogen-bond acceptors (Lipinski definition) is 6. The Hall–Kier alpha value is -3.52. The molecular weight excluding hydrogens is 393 g/mol. The Kier molecular flexibility index (Phi) is 4.85. The van der Waals surface area contributed by atoms with E-state index in [0.29, 0.717) is 22.8 Å². The molecule has 1 aliphatic rings. The quantitative estimate of drug-likeness (QED) is 0.712. The molecule has 0 bridgehead atoms. The topological polar surface area (TPSA) is 86.7 Å². The molecule has 0 unspecified atom stereocenters. The van der Waals surface area contributed by atoms with Crippen molar-refractivity contribution in [3.8, 4) is 11.3 Å². The molecule has 8 heteroatoms. The van der Waals surface area contributed by atoms with Gasteiger partial charge in [-0.15, -0.1) is 11.3 Å². The number of rotatable bonds is 4. The highest BCUT2D eigenvalue weighted by Crippen LogP contribution is 2.29. The zero-order valence-corrected chi connectivity index (χ0v) is 16.2. The fourth-order valence-electron chi connectivity index (χ4n) is 3.01. The highest BCUT2D eigenvalue weighted by molar-refractivity contribution is 7.15. The molecule has 3 aromatic rings. The minimum absolute atomic E-state index is 0.199. The molecule has 1 aromatic carbocycles. The minimum atomic E-state index is -0.473. The van der Waals surface area contributed by atoms with Crippen LogP contribution in [-0.2, 0) is 9.53 Å². The molecule has 4 rings (SSSR count). The van der Waals surface area contributed by atoms with Gasteiger partial charge in [0.1, 0.15) is 11.6 Å². The van der Waals surface area contributed by atoms with Crippen molar-refractivity contribution in [3.05, 3.63) is 80.9 Å². The molecule has 0 fully saturated rings. The average molecular weight is 409 g/mol. The van der Waals surface area contributed by atoms with Gasteiger partial charge in [-0.05, 0) is 60.6 Å². The number of allylic oxidation sites excluding steroid dienone is 4. The molecule has 146 valence electrons. The average Bonchev–Trinajstić information content (AvgIpc) is 3.12. The van der Waals surface area contributed by atoms with Gasteiger partial charge < -0.3 is 10.5 Å². The summed E-state index contributed by atoms with van der Waals surface area (Å²) in [5.41, 5.74) is 8.11. The molecule has 2 N–H and O–H groups in total. The van der Waals surface area contributed by atoms with E-state index < -0.39 is 5.56 Å². The second kappa shape index (κ2) is 7.48. The summed E-state index contributed by atoms with van der Waals surface area (Å²) >= 11 is 1.27. The molecule has 0 saturated carbocycles. The number of nitrogen functional groups attached to an aromatic ring is 1. The predicted molar refractivity (Wildman–Crippen MR) is 111 cm³/mol. The first-order valence-corrected chi connectivity index (χ1v) is 9.70. The lowest BCUT2D eigenvalue weighted by Gasteiger charge is -2.11. The normalized spacial score (nSPS) is 15.2. The van der Waals surface area contributed by atoms with Crippen LogP contribution in [0.1, 0.15) is 12.5 Å². The number of aromatic nitrogens is 2. The van der Waals surface area contributed by atoms with E-state index >= 15 is 0 Å². The number of carbonyl (C=O) groups excluding carboxylic acids is 1. The maximum Gasteiger partial charge on any atom is 0.283 e. The maximum absolute atomic E-state index is 13.3. The van der Waals surface area contributed by atoms with Crippen LogP contribution < -0.4 is 11.3 Å². The first kappa shape index (κ1) is 18.8. The molecule has 6 nitrogen and oxygen atoms in total. The summed E-state index contributed by atoms with van der Waals surface area (Å²) in [4.78, 5) is 29.0. The van der Waals surface area contributed by atoms with Gasteiger partial charge in [-0.3, -0.25) is 14.0 Å². The Balaban J connectivity index is 1.87. The Labute approximate surface area is 169 Å². The van der Waals surface area contributed by atoms with Gasteiger partial charge in [0.15, 0.2) is 10.7 Å². The lowest BCUT2D eigenvalue weighted by molar-refractivity contribution is -0.114. The predicted octanol–water partition coefficient (Wildman–Crippen LogP) is 3.59. The van der Waals surface area contributed by atoms with Crippen LogP contribution in [0.3, 0.4) is 0 Å². The third-order valence-corrected chi connectivity index (χ3v) is 5.20. The van der Waals surface area contributed by atoms with Crippen molar-refractivity contribution in [1.82, 2.24) is 9.38 Å². The minimum Gasteiger partial charge on any atom is -0.490 e. The van der Waals surface area contributed by atoms with Crippen LogP contribution in [0.4, 0.5) is 10.2 Å². The Bertz CT molecular complexity index is 1270. The van der Waals surface area contributed by atoms with Crippen LogP contribution in [0.15, 0.2) is 64.0 Å². The van der Waals surface area contributed by atoms with Crippen molar-refractivity contribution in [1.29, 1.82) is 0 Å². The van der Waals surface area contributed by atoms with Gasteiger partial charge in [0.25, 0.3) is 5.56 Å². The second-order valence-corrected chi connectivity index (χ2v) is 7.08. The third kappa shape index (κ3) is 3.50. The monoisotopic (exact) mass is 409 g/mol. The number of anilines is 1. The van der Waals surface area contributed by atoms with E-state index in [4.69, 9.17) is 10.5 Å². The molecule has 0 spiro atoms. The van der Waals surface area contributed by atoms with E-state index in [1.165, 1.54) is 29.5 Å². The number of thiazole rings is 1. The second-order valence-electron chi connectivity index (χ2n) is 6.25. The van der Waals surface area contributed by atoms with Gasteiger partial charge in [-0.2, -0.15) is 4.98 Å². The molecule has 2 aromatic heterocycles. The van der Waals surface area contributed by atoms with Crippen molar-refractivity contribution in [3.63, 3.8) is 0 Å². The van der Waals surface area contributed by atoms with Gasteiger partial charge in [-0.25, -0.2) is 4.39 Å². The van der Waals surface area contributed by atoms with Crippen LogP contribution in [0.5, 0.6) is 0 Å². The van der Waals surface area contributed by atoms with Crippen LogP contribution in [0.25, 0.3) is 22.3 Å². The van der Waals surface area contributed by atoms with Crippen molar-refractivity contribution >= 4 is 34.0 Å². The Morgan fingerprint density at radius 1 is 1.24 bits per heavy atom. The maximum atomic E-state index is 13.3. The van der Waals surface area contributed by atoms with Gasteiger partial charge >= 0.3 is 0 Å². The van der Waals surface area contributed by atoms with Crippen molar-refractivity contribution in [2.45, 2.75) is 6.92 Å². The van der Waals surface area contributed by atoms with Crippen molar-refractivity contribution in [2.75, 3.05) is 12.3 Å². The summed E-state index contributed by atoms with van der Waals surface area (Å²) in [5.74, 6) is -0.160. The summed E-state index contributed by atoms with van der Waals surface area (Å²) in [6.45, 7) is 2.14. The number of ketones is 1. The number of nitrogens with two attached hydrogens (primary N) is 1. The number of halogens is 1. The molecule has 0 saturated heterocycles. The summed E-state index contributed by atoms with van der Waals surface area (Å²) < 4.78 is 20.3. The molecule has 29 heavy (non-hydrogen) atoms. The van der Waals surface area contributed by atoms with E-state index in [0.717, 1.165) is 5.56 Å². The Morgan fingerprint density at radius 2 is 2.00 bits per heavy atom. The molecule has 0 radical (unpaired) electrons. The van der Waals surface area contributed by atoms with E-state index in [-0.39, 0.29) is 28.7 Å². The molecule has 2 heterocycles.